The molecule has 1 aromatic heterocycles. The molecule has 0 spiro atoms. The summed E-state index contributed by atoms with van der Waals surface area (Å²) in [7, 11) is 0. The molecular formula is C23H28F3NO3. The summed E-state index contributed by atoms with van der Waals surface area (Å²) in [6.45, 7) is 2.56. The van der Waals surface area contributed by atoms with Crippen LogP contribution in [0.15, 0.2) is 42.7 Å². The van der Waals surface area contributed by atoms with Crippen LogP contribution in [0.1, 0.15) is 68.6 Å². The molecule has 0 atom stereocenters. The lowest BCUT2D eigenvalue weighted by Crippen LogP contribution is -2.16. The highest BCUT2D eigenvalue weighted by atomic mass is 19.4. The van der Waals surface area contributed by atoms with E-state index in [1.165, 1.54) is 68.8 Å². The van der Waals surface area contributed by atoms with Gasteiger partial charge >= 0.3 is 12.3 Å². The van der Waals surface area contributed by atoms with Crippen molar-refractivity contribution in [2.45, 2.75) is 64.7 Å². The van der Waals surface area contributed by atoms with Gasteiger partial charge in [0.1, 0.15) is 5.75 Å². The van der Waals surface area contributed by atoms with Crippen LogP contribution >= 0.6 is 0 Å². The number of pyridine rings is 1. The van der Waals surface area contributed by atoms with E-state index in [2.05, 4.69) is 16.6 Å². The summed E-state index contributed by atoms with van der Waals surface area (Å²) < 4.78 is 45.9. The Kier molecular flexibility index (Phi) is 9.64. The monoisotopic (exact) mass is 423 g/mol. The zero-order valence-electron chi connectivity index (χ0n) is 17.2. The number of aromatic nitrogens is 1. The molecule has 0 saturated carbocycles. The number of unbranched alkanes of at least 4 members (excludes halogenated alkanes) is 7. The van der Waals surface area contributed by atoms with Crippen LogP contribution in [0.4, 0.5) is 13.2 Å². The van der Waals surface area contributed by atoms with E-state index in [0.717, 1.165) is 19.3 Å². The Bertz CT molecular complexity index is 776. The molecule has 0 aliphatic carbocycles. The molecule has 2 aromatic rings. The minimum Gasteiger partial charge on any atom is -0.462 e. The van der Waals surface area contributed by atoms with E-state index in [1.807, 2.05) is 0 Å². The fourth-order valence-corrected chi connectivity index (χ4v) is 3.04. The Balaban J connectivity index is 1.80. The van der Waals surface area contributed by atoms with Crippen LogP contribution in [0.2, 0.25) is 0 Å². The molecule has 0 amide bonds. The first-order valence-electron chi connectivity index (χ1n) is 10.4. The van der Waals surface area contributed by atoms with Crippen molar-refractivity contribution in [3.8, 4) is 16.9 Å². The van der Waals surface area contributed by atoms with E-state index in [0.29, 0.717) is 23.3 Å². The van der Waals surface area contributed by atoms with Crippen molar-refractivity contribution in [3.05, 3.63) is 48.3 Å². The van der Waals surface area contributed by atoms with Crippen LogP contribution < -0.4 is 4.74 Å². The highest BCUT2D eigenvalue weighted by Crippen LogP contribution is 2.26. The van der Waals surface area contributed by atoms with Crippen molar-refractivity contribution >= 4 is 5.97 Å². The second kappa shape index (κ2) is 12.2. The predicted octanol–water partition coefficient (Wildman–Crippen LogP) is 6.94. The Morgan fingerprint density at radius 2 is 1.53 bits per heavy atom. The third-order valence-electron chi connectivity index (χ3n) is 4.63. The second-order valence-corrected chi connectivity index (χ2v) is 7.15. The molecule has 4 nitrogen and oxygen atoms in total. The van der Waals surface area contributed by atoms with E-state index in [4.69, 9.17) is 4.74 Å². The zero-order chi connectivity index (χ0) is 21.8. The highest BCUT2D eigenvalue weighted by molar-refractivity contribution is 5.90. The summed E-state index contributed by atoms with van der Waals surface area (Å²) in [5.74, 6) is -0.760. The molecule has 0 bridgehead atoms. The number of esters is 1. The Labute approximate surface area is 175 Å². The number of hydrogen-bond donors (Lipinski definition) is 0. The topological polar surface area (TPSA) is 48.4 Å². The zero-order valence-corrected chi connectivity index (χ0v) is 17.2. The average molecular weight is 423 g/mol. The minimum absolute atomic E-state index is 0.305. The molecule has 1 aromatic carbocycles. The van der Waals surface area contributed by atoms with Crippen molar-refractivity contribution in [3.63, 3.8) is 0 Å². The van der Waals surface area contributed by atoms with Gasteiger partial charge in [0.05, 0.1) is 12.2 Å². The van der Waals surface area contributed by atoms with Gasteiger partial charge in [0.25, 0.3) is 0 Å². The largest absolute Gasteiger partial charge is 0.573 e. The van der Waals surface area contributed by atoms with Gasteiger partial charge in [0.2, 0.25) is 0 Å². The van der Waals surface area contributed by atoms with Crippen LogP contribution in [0.3, 0.4) is 0 Å². The molecule has 0 N–H and O–H groups in total. The first-order valence-corrected chi connectivity index (χ1v) is 10.4. The van der Waals surface area contributed by atoms with E-state index < -0.39 is 12.3 Å². The maximum atomic E-state index is 12.3. The first kappa shape index (κ1) is 23.7. The number of carbonyl (C=O) groups is 1. The summed E-state index contributed by atoms with van der Waals surface area (Å²) in [6.07, 6.45) is 7.51. The number of benzene rings is 1. The Morgan fingerprint density at radius 1 is 0.900 bits per heavy atom. The van der Waals surface area contributed by atoms with Crippen molar-refractivity contribution in [1.29, 1.82) is 0 Å². The van der Waals surface area contributed by atoms with Gasteiger partial charge in [-0.2, -0.15) is 0 Å². The van der Waals surface area contributed by atoms with Crippen molar-refractivity contribution in [2.24, 2.45) is 0 Å². The molecule has 0 unspecified atom stereocenters. The van der Waals surface area contributed by atoms with Crippen LogP contribution in [0.5, 0.6) is 5.75 Å². The summed E-state index contributed by atoms with van der Waals surface area (Å²) in [5, 5.41) is 0. The highest BCUT2D eigenvalue weighted by Gasteiger charge is 2.30. The van der Waals surface area contributed by atoms with Gasteiger partial charge in [-0.15, -0.1) is 13.2 Å². The standard InChI is InChI=1S/C23H28F3NO3/c1-2-3-4-5-6-7-8-9-14-29-22(28)20-15-19(16-27-17-20)18-10-12-21(13-11-18)30-23(24,25)26/h10-13,15-17H,2-9,14H2,1H3. The normalized spacial score (nSPS) is 11.3. The lowest BCUT2D eigenvalue weighted by atomic mass is 10.1. The van der Waals surface area contributed by atoms with Crippen molar-refractivity contribution in [2.75, 3.05) is 6.61 Å². The number of carbonyl (C=O) groups excluding carboxylic acids is 1. The van der Waals surface area contributed by atoms with Gasteiger partial charge in [0, 0.05) is 18.0 Å². The molecule has 1 heterocycles. The van der Waals surface area contributed by atoms with Gasteiger partial charge in [-0.25, -0.2) is 4.79 Å². The van der Waals surface area contributed by atoms with E-state index in [1.54, 1.807) is 6.07 Å². The number of halogens is 3. The molecule has 0 aliphatic rings. The summed E-state index contributed by atoms with van der Waals surface area (Å²) in [4.78, 5) is 16.3. The number of ether oxygens (including phenoxy) is 2. The summed E-state index contributed by atoms with van der Waals surface area (Å²) in [6, 6.07) is 7.01. The molecular weight excluding hydrogens is 395 g/mol. The molecule has 0 fully saturated rings. The Morgan fingerprint density at radius 3 is 2.17 bits per heavy atom. The van der Waals surface area contributed by atoms with Gasteiger partial charge in [-0.05, 0) is 30.2 Å². The quantitative estimate of drug-likeness (QED) is 0.274. The van der Waals surface area contributed by atoms with Crippen LogP contribution in [-0.2, 0) is 4.74 Å². The van der Waals surface area contributed by atoms with Crippen LogP contribution in [0.25, 0.3) is 11.1 Å². The lowest BCUT2D eigenvalue weighted by Gasteiger charge is -2.10. The maximum Gasteiger partial charge on any atom is 0.573 e. The summed E-state index contributed by atoms with van der Waals surface area (Å²) >= 11 is 0. The molecule has 7 heteroatoms. The third kappa shape index (κ3) is 8.84. The molecule has 30 heavy (non-hydrogen) atoms. The molecule has 2 rings (SSSR count). The number of nitrogens with zero attached hydrogens (tertiary/aromatic N) is 1. The number of rotatable bonds is 12. The van der Waals surface area contributed by atoms with Crippen molar-refractivity contribution in [1.82, 2.24) is 4.98 Å². The van der Waals surface area contributed by atoms with Crippen LogP contribution in [-0.4, -0.2) is 23.9 Å². The van der Waals surface area contributed by atoms with E-state index in [-0.39, 0.29) is 5.75 Å². The summed E-state index contributed by atoms with van der Waals surface area (Å²) in [5.41, 5.74) is 1.53. The molecule has 0 aliphatic heterocycles. The molecule has 164 valence electrons. The smallest absolute Gasteiger partial charge is 0.462 e. The minimum atomic E-state index is -4.73. The number of alkyl halides is 3. The second-order valence-electron chi connectivity index (χ2n) is 7.15. The Hall–Kier alpha value is -2.57. The maximum absolute atomic E-state index is 12.3. The van der Waals surface area contributed by atoms with Crippen molar-refractivity contribution < 1.29 is 27.4 Å². The fourth-order valence-electron chi connectivity index (χ4n) is 3.04. The molecule has 0 saturated heterocycles. The average Bonchev–Trinajstić information content (AvgIpc) is 2.72. The predicted molar refractivity (Wildman–Crippen MR) is 109 cm³/mol. The first-order chi connectivity index (χ1) is 14.4. The van der Waals surface area contributed by atoms with Gasteiger partial charge < -0.3 is 9.47 Å². The van der Waals surface area contributed by atoms with Gasteiger partial charge in [-0.3, -0.25) is 4.98 Å². The fraction of sp³-hybridized carbons (Fsp3) is 0.478. The van der Waals surface area contributed by atoms with E-state index >= 15 is 0 Å². The lowest BCUT2D eigenvalue weighted by molar-refractivity contribution is -0.274. The van der Waals surface area contributed by atoms with E-state index in [9.17, 15) is 18.0 Å². The van der Waals surface area contributed by atoms with Crippen LogP contribution in [0, 0.1) is 0 Å². The number of hydrogen-bond acceptors (Lipinski definition) is 4. The molecule has 0 radical (unpaired) electrons. The van der Waals surface area contributed by atoms with Gasteiger partial charge in [0.15, 0.2) is 0 Å². The van der Waals surface area contributed by atoms with Gasteiger partial charge in [-0.1, -0.05) is 64.0 Å². The third-order valence-corrected chi connectivity index (χ3v) is 4.63. The SMILES string of the molecule is CCCCCCCCCCOC(=O)c1cncc(-c2ccc(OC(F)(F)F)cc2)c1.